The third kappa shape index (κ3) is 1.77. The molecular formula is C33H21N3O. The van der Waals surface area contributed by atoms with E-state index in [9.17, 15) is 0 Å². The van der Waals surface area contributed by atoms with Crippen LogP contribution in [-0.2, 0) is 5.41 Å². The van der Waals surface area contributed by atoms with Crippen molar-refractivity contribution in [1.82, 2.24) is 4.57 Å². The molecular weight excluding hydrogens is 454 g/mol. The molecule has 0 amide bonds. The Morgan fingerprint density at radius 1 is 0.622 bits per heavy atom. The van der Waals surface area contributed by atoms with E-state index >= 15 is 0 Å². The third-order valence-corrected chi connectivity index (χ3v) is 9.16. The van der Waals surface area contributed by atoms with Gasteiger partial charge in [0.1, 0.15) is 17.7 Å². The van der Waals surface area contributed by atoms with Crippen molar-refractivity contribution >= 4 is 38.9 Å². The van der Waals surface area contributed by atoms with E-state index in [1.807, 2.05) is 0 Å². The van der Waals surface area contributed by atoms with E-state index in [0.717, 1.165) is 11.5 Å². The maximum absolute atomic E-state index is 6.77. The topological polar surface area (TPSA) is 20.6 Å². The highest BCUT2D eigenvalue weighted by molar-refractivity contribution is 6.13. The van der Waals surface area contributed by atoms with Gasteiger partial charge in [0.05, 0.1) is 39.2 Å². The number of anilines is 3. The lowest BCUT2D eigenvalue weighted by molar-refractivity contribution is 0.400. The SMILES string of the molecule is CN1c2ccccc2N2c3cccc4c3C3(c5ccccc5-n5c6ccccc6c6ccc(c3c65)O4)C12. The summed E-state index contributed by atoms with van der Waals surface area (Å²) >= 11 is 0. The molecule has 1 aromatic heterocycles. The highest BCUT2D eigenvalue weighted by Gasteiger charge is 2.64. The first kappa shape index (κ1) is 18.6. The first-order chi connectivity index (χ1) is 18.3. The van der Waals surface area contributed by atoms with Crippen LogP contribution in [0.15, 0.2) is 103 Å². The summed E-state index contributed by atoms with van der Waals surface area (Å²) in [5, 5.41) is 2.56. The lowest BCUT2D eigenvalue weighted by Gasteiger charge is -2.47. The van der Waals surface area contributed by atoms with Crippen LogP contribution < -0.4 is 14.5 Å². The van der Waals surface area contributed by atoms with Crippen molar-refractivity contribution in [2.45, 2.75) is 11.6 Å². The molecule has 0 radical (unpaired) electrons. The molecule has 0 aliphatic carbocycles. The minimum Gasteiger partial charge on any atom is -0.457 e. The second-order valence-corrected chi connectivity index (χ2v) is 10.6. The molecule has 2 unspecified atom stereocenters. The number of benzene rings is 5. The van der Waals surface area contributed by atoms with Crippen LogP contribution in [-0.4, -0.2) is 17.8 Å². The Balaban J connectivity index is 1.49. The number of hydrogen-bond donors (Lipinski definition) is 0. The quantitative estimate of drug-likeness (QED) is 0.227. The van der Waals surface area contributed by atoms with Crippen molar-refractivity contribution in [3.8, 4) is 17.2 Å². The van der Waals surface area contributed by atoms with Crippen molar-refractivity contribution < 1.29 is 4.74 Å². The highest BCUT2D eigenvalue weighted by atomic mass is 16.5. The van der Waals surface area contributed by atoms with Gasteiger partial charge in [0.25, 0.3) is 0 Å². The molecule has 0 fully saturated rings. The van der Waals surface area contributed by atoms with Crippen molar-refractivity contribution in [3.05, 3.63) is 120 Å². The second-order valence-electron chi connectivity index (χ2n) is 10.6. The Kier molecular flexibility index (Phi) is 2.92. The number of hydrogen-bond acceptors (Lipinski definition) is 3. The smallest absolute Gasteiger partial charge is 0.134 e. The van der Waals surface area contributed by atoms with Crippen LogP contribution in [0.4, 0.5) is 17.1 Å². The average Bonchev–Trinajstić information content (AvgIpc) is 3.55. The number of ether oxygens (including phenoxy) is 1. The number of fused-ring (bicyclic) bond motifs is 9. The van der Waals surface area contributed by atoms with E-state index in [2.05, 4.69) is 125 Å². The molecule has 37 heavy (non-hydrogen) atoms. The van der Waals surface area contributed by atoms with Crippen LogP contribution in [0.3, 0.4) is 0 Å². The Hall–Kier alpha value is -4.70. The van der Waals surface area contributed by atoms with Crippen LogP contribution >= 0.6 is 0 Å². The molecule has 4 aliphatic heterocycles. The van der Waals surface area contributed by atoms with E-state index in [4.69, 9.17) is 4.74 Å². The van der Waals surface area contributed by atoms with E-state index in [-0.39, 0.29) is 6.17 Å². The molecule has 0 saturated heterocycles. The van der Waals surface area contributed by atoms with E-state index in [1.54, 1.807) is 0 Å². The summed E-state index contributed by atoms with van der Waals surface area (Å²) < 4.78 is 9.25. The number of likely N-dealkylation sites (N-methyl/N-ethyl adjacent to an activating group) is 1. The standard InChI is InChI=1S/C33H21N3O/c1-34-24-13-6-7-14-25(24)36-26-15-8-16-27-29(26)33(32(34)36)21-10-3-5-12-23(21)35-22-11-4-2-9-19(22)20-17-18-28(37-27)30(33)31(20)35/h2-18,32H,1H3. The molecule has 5 heterocycles. The van der Waals surface area contributed by atoms with E-state index < -0.39 is 5.41 Å². The Morgan fingerprint density at radius 2 is 1.35 bits per heavy atom. The van der Waals surface area contributed by atoms with E-state index in [1.165, 1.54) is 61.2 Å². The van der Waals surface area contributed by atoms with Crippen molar-refractivity contribution in [3.63, 3.8) is 0 Å². The lowest BCUT2D eigenvalue weighted by Crippen LogP contribution is -2.53. The predicted molar refractivity (Wildman–Crippen MR) is 148 cm³/mol. The molecule has 2 atom stereocenters. The van der Waals surface area contributed by atoms with Crippen LogP contribution in [0.25, 0.3) is 27.5 Å². The van der Waals surface area contributed by atoms with Crippen LogP contribution in [0.5, 0.6) is 11.5 Å². The summed E-state index contributed by atoms with van der Waals surface area (Å²) in [5.74, 6) is 1.92. The van der Waals surface area contributed by atoms with Gasteiger partial charge in [-0.1, -0.05) is 54.6 Å². The first-order valence-electron chi connectivity index (χ1n) is 12.9. The van der Waals surface area contributed by atoms with Gasteiger partial charge in [-0.2, -0.15) is 0 Å². The van der Waals surface area contributed by atoms with Gasteiger partial charge in [0.2, 0.25) is 0 Å². The van der Waals surface area contributed by atoms with E-state index in [0.29, 0.717) is 0 Å². The third-order valence-electron chi connectivity index (χ3n) is 9.16. The van der Waals surface area contributed by atoms with Crippen LogP contribution in [0.2, 0.25) is 0 Å². The fraction of sp³-hybridized carbons (Fsp3) is 0.0909. The van der Waals surface area contributed by atoms with Crippen LogP contribution in [0.1, 0.15) is 16.7 Å². The van der Waals surface area contributed by atoms with Crippen LogP contribution in [0, 0.1) is 0 Å². The zero-order chi connectivity index (χ0) is 24.0. The largest absolute Gasteiger partial charge is 0.457 e. The summed E-state index contributed by atoms with van der Waals surface area (Å²) in [4.78, 5) is 5.04. The van der Waals surface area contributed by atoms with Gasteiger partial charge < -0.3 is 19.1 Å². The normalized spacial score (nSPS) is 21.1. The molecule has 174 valence electrons. The van der Waals surface area contributed by atoms with Gasteiger partial charge in [0.15, 0.2) is 0 Å². The number of para-hydroxylation sites is 4. The predicted octanol–water partition coefficient (Wildman–Crippen LogP) is 7.46. The molecule has 0 bridgehead atoms. The lowest BCUT2D eigenvalue weighted by atomic mass is 9.64. The van der Waals surface area contributed by atoms with Gasteiger partial charge in [-0.05, 0) is 54.1 Å². The maximum Gasteiger partial charge on any atom is 0.134 e. The van der Waals surface area contributed by atoms with Crippen molar-refractivity contribution in [2.24, 2.45) is 0 Å². The molecule has 1 spiro atoms. The second kappa shape index (κ2) is 5.81. The molecule has 4 aliphatic rings. The maximum atomic E-state index is 6.77. The summed E-state index contributed by atoms with van der Waals surface area (Å²) in [6.45, 7) is 0. The molecule has 5 aromatic carbocycles. The summed E-state index contributed by atoms with van der Waals surface area (Å²) in [6.07, 6.45) is 0.0576. The van der Waals surface area contributed by atoms with Crippen molar-refractivity contribution in [1.29, 1.82) is 0 Å². The number of rotatable bonds is 0. The van der Waals surface area contributed by atoms with Gasteiger partial charge >= 0.3 is 0 Å². The summed E-state index contributed by atoms with van der Waals surface area (Å²) in [5.41, 5.74) is 11.0. The van der Waals surface area contributed by atoms with Gasteiger partial charge in [-0.3, -0.25) is 0 Å². The molecule has 6 aromatic rings. The summed E-state index contributed by atoms with van der Waals surface area (Å²) in [6, 6.07) is 37.6. The Labute approximate surface area is 213 Å². The fourth-order valence-corrected chi connectivity index (χ4v) is 8.02. The molecule has 10 rings (SSSR count). The average molecular weight is 476 g/mol. The minimum absolute atomic E-state index is 0.0576. The van der Waals surface area contributed by atoms with Gasteiger partial charge in [-0.25, -0.2) is 0 Å². The zero-order valence-corrected chi connectivity index (χ0v) is 20.1. The number of aromatic nitrogens is 1. The molecule has 0 N–H and O–H groups in total. The Bertz CT molecular complexity index is 2020. The van der Waals surface area contributed by atoms with Crippen molar-refractivity contribution in [2.75, 3.05) is 16.8 Å². The number of nitrogens with zero attached hydrogens (tertiary/aromatic N) is 3. The van der Waals surface area contributed by atoms with Gasteiger partial charge in [0, 0.05) is 28.9 Å². The highest BCUT2D eigenvalue weighted by Crippen LogP contribution is 2.69. The molecule has 4 nitrogen and oxygen atoms in total. The first-order valence-corrected chi connectivity index (χ1v) is 12.9. The summed E-state index contributed by atoms with van der Waals surface area (Å²) in [7, 11) is 2.26. The monoisotopic (exact) mass is 475 g/mol. The zero-order valence-electron chi connectivity index (χ0n) is 20.1. The van der Waals surface area contributed by atoms with Gasteiger partial charge in [-0.15, -0.1) is 0 Å². The molecule has 0 saturated carbocycles. The molecule has 4 heteroatoms. The fourth-order valence-electron chi connectivity index (χ4n) is 8.02. The minimum atomic E-state index is -0.409. The Morgan fingerprint density at radius 3 is 2.27 bits per heavy atom.